The summed E-state index contributed by atoms with van der Waals surface area (Å²) in [5.74, 6) is -1.10. The molecule has 0 atom stereocenters. The number of nitrogens with one attached hydrogen (secondary N) is 2. The maximum atomic E-state index is 13.6. The summed E-state index contributed by atoms with van der Waals surface area (Å²) in [7, 11) is 0. The number of carbonyl (C=O) groups is 3. The average molecular weight is 550 g/mol. The van der Waals surface area contributed by atoms with Crippen molar-refractivity contribution in [1.82, 2.24) is 15.1 Å². The third kappa shape index (κ3) is 6.21. The minimum atomic E-state index is -0.449. The zero-order valence-corrected chi connectivity index (χ0v) is 22.1. The molecular weight excluding hydrogens is 521 g/mol. The second kappa shape index (κ2) is 11.8. The van der Waals surface area contributed by atoms with Gasteiger partial charge in [0.15, 0.2) is 0 Å². The minimum absolute atomic E-state index is 0.0909. The molecule has 202 valence electrons. The van der Waals surface area contributed by atoms with Crippen LogP contribution in [0.5, 0.6) is 0 Å². The summed E-state index contributed by atoms with van der Waals surface area (Å²) < 4.78 is 13.6. The highest BCUT2D eigenvalue weighted by Crippen LogP contribution is 2.30. The van der Waals surface area contributed by atoms with Crippen LogP contribution in [-0.2, 0) is 0 Å². The smallest absolute Gasteiger partial charge is 0.255 e. The maximum absolute atomic E-state index is 13.6. The largest absolute Gasteiger partial charge is 0.366 e. The lowest BCUT2D eigenvalue weighted by molar-refractivity contribution is 0.0731. The molecule has 0 saturated carbocycles. The number of amides is 3. The van der Waals surface area contributed by atoms with Gasteiger partial charge in [0.25, 0.3) is 17.7 Å². The molecule has 10 heteroatoms. The van der Waals surface area contributed by atoms with Crippen molar-refractivity contribution in [3.05, 3.63) is 94.3 Å². The topological polar surface area (TPSA) is 85.0 Å². The second-order valence-corrected chi connectivity index (χ2v) is 9.96. The lowest BCUT2D eigenvalue weighted by atomic mass is 10.1. The van der Waals surface area contributed by atoms with E-state index in [0.29, 0.717) is 66.7 Å². The summed E-state index contributed by atoms with van der Waals surface area (Å²) in [6, 6.07) is 17.7. The van der Waals surface area contributed by atoms with Crippen LogP contribution in [-0.4, -0.2) is 79.9 Å². The molecule has 5 rings (SSSR count). The van der Waals surface area contributed by atoms with Gasteiger partial charge < -0.3 is 25.3 Å². The summed E-state index contributed by atoms with van der Waals surface area (Å²) in [5.41, 5.74) is 2.46. The van der Waals surface area contributed by atoms with Crippen molar-refractivity contribution in [3.8, 4) is 0 Å². The lowest BCUT2D eigenvalue weighted by Crippen LogP contribution is -2.49. The molecule has 0 aromatic heterocycles. The molecule has 39 heavy (non-hydrogen) atoms. The first-order valence-electron chi connectivity index (χ1n) is 12.9. The van der Waals surface area contributed by atoms with Crippen molar-refractivity contribution < 1.29 is 18.8 Å². The van der Waals surface area contributed by atoms with E-state index in [9.17, 15) is 18.8 Å². The van der Waals surface area contributed by atoms with Gasteiger partial charge in [-0.3, -0.25) is 14.4 Å². The zero-order chi connectivity index (χ0) is 27.4. The number of anilines is 2. The fourth-order valence-corrected chi connectivity index (χ4v) is 5.06. The van der Waals surface area contributed by atoms with Gasteiger partial charge >= 0.3 is 0 Å². The Morgan fingerprint density at radius 2 is 1.38 bits per heavy atom. The van der Waals surface area contributed by atoms with Crippen molar-refractivity contribution in [1.29, 1.82) is 0 Å². The molecule has 2 aliphatic heterocycles. The first-order valence-corrected chi connectivity index (χ1v) is 13.3. The zero-order valence-electron chi connectivity index (χ0n) is 21.3. The standard InChI is InChI=1S/C29H29ClFN5O3/c30-23-5-1-3-20(17-23)27(37)33-25-19-22(29(39)35-11-9-32-10-12-35)7-8-26(25)34-13-15-36(16-14-34)28(38)21-4-2-6-24(31)18-21/h1-8,17-19,32H,9-16H2,(H,33,37). The van der Waals surface area contributed by atoms with Gasteiger partial charge in [0.2, 0.25) is 0 Å². The van der Waals surface area contributed by atoms with E-state index in [2.05, 4.69) is 15.5 Å². The van der Waals surface area contributed by atoms with E-state index < -0.39 is 5.82 Å². The molecule has 3 aromatic rings. The number of piperazine rings is 2. The maximum Gasteiger partial charge on any atom is 0.255 e. The van der Waals surface area contributed by atoms with E-state index in [4.69, 9.17) is 11.6 Å². The number of benzene rings is 3. The van der Waals surface area contributed by atoms with Gasteiger partial charge in [0.05, 0.1) is 11.4 Å². The Balaban J connectivity index is 1.37. The summed E-state index contributed by atoms with van der Waals surface area (Å²) in [4.78, 5) is 44.8. The molecule has 2 saturated heterocycles. The number of halogens is 2. The fraction of sp³-hybridized carbons (Fsp3) is 0.276. The Kier molecular flexibility index (Phi) is 8.09. The van der Waals surface area contributed by atoms with E-state index >= 15 is 0 Å². The van der Waals surface area contributed by atoms with Crippen molar-refractivity contribution in [2.45, 2.75) is 0 Å². The molecule has 0 bridgehead atoms. The molecule has 0 radical (unpaired) electrons. The van der Waals surface area contributed by atoms with Crippen LogP contribution in [0.1, 0.15) is 31.1 Å². The SMILES string of the molecule is O=C(Nc1cc(C(=O)N2CCNCC2)ccc1N1CCN(C(=O)c2cccc(F)c2)CC1)c1cccc(Cl)c1. The molecule has 8 nitrogen and oxygen atoms in total. The van der Waals surface area contributed by atoms with Crippen molar-refractivity contribution >= 4 is 40.7 Å². The molecule has 0 aliphatic carbocycles. The Morgan fingerprint density at radius 3 is 2.08 bits per heavy atom. The highest BCUT2D eigenvalue weighted by molar-refractivity contribution is 6.31. The Morgan fingerprint density at radius 1 is 0.744 bits per heavy atom. The van der Waals surface area contributed by atoms with Crippen LogP contribution >= 0.6 is 11.6 Å². The molecule has 2 N–H and O–H groups in total. The molecule has 0 spiro atoms. The number of rotatable bonds is 5. The average Bonchev–Trinajstić information content (AvgIpc) is 2.97. The molecular formula is C29H29ClFN5O3. The summed E-state index contributed by atoms with van der Waals surface area (Å²) in [5, 5.41) is 6.66. The predicted molar refractivity (Wildman–Crippen MR) is 149 cm³/mol. The third-order valence-corrected chi connectivity index (χ3v) is 7.20. The second-order valence-electron chi connectivity index (χ2n) is 9.53. The summed E-state index contributed by atoms with van der Waals surface area (Å²) >= 11 is 6.09. The van der Waals surface area contributed by atoms with Gasteiger partial charge in [-0.1, -0.05) is 23.7 Å². The predicted octanol–water partition coefficient (Wildman–Crippen LogP) is 3.74. The van der Waals surface area contributed by atoms with Gasteiger partial charge in [-0.2, -0.15) is 0 Å². The van der Waals surface area contributed by atoms with Gasteiger partial charge in [0, 0.05) is 74.1 Å². The van der Waals surface area contributed by atoms with E-state index in [1.165, 1.54) is 18.2 Å². The normalized spacial score (nSPS) is 15.7. The highest BCUT2D eigenvalue weighted by Gasteiger charge is 2.26. The van der Waals surface area contributed by atoms with Crippen LogP contribution in [0.4, 0.5) is 15.8 Å². The number of hydrogen-bond donors (Lipinski definition) is 2. The van der Waals surface area contributed by atoms with E-state index in [1.807, 2.05) is 6.07 Å². The monoisotopic (exact) mass is 549 g/mol. The van der Waals surface area contributed by atoms with Crippen molar-refractivity contribution in [3.63, 3.8) is 0 Å². The van der Waals surface area contributed by atoms with Crippen LogP contribution in [0.2, 0.25) is 5.02 Å². The molecule has 2 aliphatic rings. The van der Waals surface area contributed by atoms with Gasteiger partial charge in [-0.15, -0.1) is 0 Å². The van der Waals surface area contributed by atoms with E-state index in [0.717, 1.165) is 18.8 Å². The quantitative estimate of drug-likeness (QED) is 0.506. The molecule has 3 amide bonds. The van der Waals surface area contributed by atoms with Crippen LogP contribution in [0.3, 0.4) is 0 Å². The van der Waals surface area contributed by atoms with Crippen molar-refractivity contribution in [2.24, 2.45) is 0 Å². The minimum Gasteiger partial charge on any atom is -0.366 e. The van der Waals surface area contributed by atoms with Crippen LogP contribution in [0.15, 0.2) is 66.7 Å². The van der Waals surface area contributed by atoms with Gasteiger partial charge in [-0.25, -0.2) is 4.39 Å². The molecule has 2 fully saturated rings. The number of hydrogen-bond acceptors (Lipinski definition) is 5. The molecule has 3 aromatic carbocycles. The third-order valence-electron chi connectivity index (χ3n) is 6.96. The van der Waals surface area contributed by atoms with Gasteiger partial charge in [0.1, 0.15) is 5.82 Å². The van der Waals surface area contributed by atoms with E-state index in [-0.39, 0.29) is 17.7 Å². The Labute approximate surface area is 231 Å². The molecule has 2 heterocycles. The van der Waals surface area contributed by atoms with Crippen LogP contribution in [0.25, 0.3) is 0 Å². The highest BCUT2D eigenvalue weighted by atomic mass is 35.5. The van der Waals surface area contributed by atoms with Crippen molar-refractivity contribution in [2.75, 3.05) is 62.6 Å². The molecule has 0 unspecified atom stereocenters. The Bertz CT molecular complexity index is 1390. The summed E-state index contributed by atoms with van der Waals surface area (Å²) in [6.07, 6.45) is 0. The lowest BCUT2D eigenvalue weighted by Gasteiger charge is -2.37. The first-order chi connectivity index (χ1) is 18.9. The fourth-order valence-electron chi connectivity index (χ4n) is 4.87. The van der Waals surface area contributed by atoms with E-state index in [1.54, 1.807) is 52.3 Å². The van der Waals surface area contributed by atoms with Crippen LogP contribution in [0, 0.1) is 5.82 Å². The van der Waals surface area contributed by atoms with Gasteiger partial charge in [-0.05, 0) is 54.6 Å². The first kappa shape index (κ1) is 26.6. The Hall–Kier alpha value is -3.95. The van der Waals surface area contributed by atoms with Crippen LogP contribution < -0.4 is 15.5 Å². The number of nitrogens with zero attached hydrogens (tertiary/aromatic N) is 3. The number of carbonyl (C=O) groups excluding carboxylic acids is 3. The summed E-state index contributed by atoms with van der Waals surface area (Å²) in [6.45, 7) is 4.58.